The Balaban J connectivity index is 5.48. The van der Waals surface area contributed by atoms with Crippen molar-refractivity contribution in [1.29, 1.82) is 0 Å². The van der Waals surface area contributed by atoms with Crippen molar-refractivity contribution in [3.63, 3.8) is 0 Å². The van der Waals surface area contributed by atoms with Gasteiger partial charge in [-0.15, -0.1) is 0 Å². The number of carbonyl (C=O) groups is 4. The van der Waals surface area contributed by atoms with Crippen molar-refractivity contribution < 1.29 is 80.2 Å². The summed E-state index contributed by atoms with van der Waals surface area (Å²) in [6.07, 6.45) is 90.5. The van der Waals surface area contributed by atoms with Crippen LogP contribution in [0.4, 0.5) is 0 Å². The molecule has 0 aliphatic carbocycles. The van der Waals surface area contributed by atoms with E-state index in [9.17, 15) is 43.2 Å². The SMILES string of the molecule is CC/C=C\C/C=C\C/C=C\C/C=C\C/C=C\CCCCCC(=O)OCC(COP(=O)(O)OCC(O)COP(=O)(O)OCC(COC(=O)C/C=C\C/C=C\C/C=C\C/C=C\C/C=C\CC)OC(=O)CCCCCCC/C=C\C/C=C\CCC)OC(=O)CCCCCCCCC/C=C\C/C=C\C/C=C\CC. The summed E-state index contributed by atoms with van der Waals surface area (Å²) >= 11 is 0. The van der Waals surface area contributed by atoms with Gasteiger partial charge in [0, 0.05) is 19.3 Å². The Morgan fingerprint density at radius 1 is 0.288 bits per heavy atom. The average molecular weight is 1490 g/mol. The second-order valence-corrected chi connectivity index (χ2v) is 28.1. The van der Waals surface area contributed by atoms with Gasteiger partial charge in [-0.25, -0.2) is 9.13 Å². The lowest BCUT2D eigenvalue weighted by Gasteiger charge is -2.21. The Labute approximate surface area is 628 Å². The number of phosphoric acid groups is 2. The van der Waals surface area contributed by atoms with Crippen molar-refractivity contribution in [2.75, 3.05) is 39.6 Å². The summed E-state index contributed by atoms with van der Waals surface area (Å²) < 4.78 is 68.4. The average Bonchev–Trinajstić information content (AvgIpc) is 0.911. The highest BCUT2D eigenvalue weighted by atomic mass is 31.2. The van der Waals surface area contributed by atoms with E-state index in [2.05, 4.69) is 186 Å². The molecule has 0 radical (unpaired) electrons. The van der Waals surface area contributed by atoms with Gasteiger partial charge in [-0.1, -0.05) is 274 Å². The molecule has 19 heteroatoms. The smallest absolute Gasteiger partial charge is 0.462 e. The minimum absolute atomic E-state index is 0.0521. The minimum atomic E-state index is -5.01. The second kappa shape index (κ2) is 75.4. The van der Waals surface area contributed by atoms with Gasteiger partial charge >= 0.3 is 39.5 Å². The molecule has 0 rings (SSSR count). The first-order chi connectivity index (χ1) is 50.7. The van der Waals surface area contributed by atoms with Gasteiger partial charge in [0.1, 0.15) is 19.3 Å². The highest BCUT2D eigenvalue weighted by Gasteiger charge is 2.30. The maximum atomic E-state index is 13.1. The lowest BCUT2D eigenvalue weighted by molar-refractivity contribution is -0.161. The van der Waals surface area contributed by atoms with E-state index < -0.39 is 97.5 Å². The second-order valence-electron chi connectivity index (χ2n) is 25.2. The number of ether oxygens (including phenoxy) is 4. The van der Waals surface area contributed by atoms with Crippen LogP contribution in [0.1, 0.15) is 272 Å². The number of hydrogen-bond acceptors (Lipinski definition) is 15. The van der Waals surface area contributed by atoms with Crippen LogP contribution in [0.25, 0.3) is 0 Å². The normalized spacial score (nSPS) is 14.9. The summed E-state index contributed by atoms with van der Waals surface area (Å²) in [5.74, 6) is -2.40. The Morgan fingerprint density at radius 3 is 0.865 bits per heavy atom. The monoisotopic (exact) mass is 1490 g/mol. The van der Waals surface area contributed by atoms with E-state index in [0.29, 0.717) is 25.7 Å². The summed E-state index contributed by atoms with van der Waals surface area (Å²) in [5, 5.41) is 10.6. The fourth-order valence-electron chi connectivity index (χ4n) is 9.55. The molecular formula is C85H136O17P2. The zero-order valence-corrected chi connectivity index (χ0v) is 65.9. The van der Waals surface area contributed by atoms with Crippen LogP contribution in [0.15, 0.2) is 182 Å². The molecular weight excluding hydrogens is 1350 g/mol. The first-order valence-corrected chi connectivity index (χ1v) is 42.0. The Kier molecular flexibility index (Phi) is 71.2. The predicted octanol–water partition coefficient (Wildman–Crippen LogP) is 22.8. The summed E-state index contributed by atoms with van der Waals surface area (Å²) in [7, 11) is -10.0. The largest absolute Gasteiger partial charge is 0.472 e. The zero-order chi connectivity index (χ0) is 76.0. The molecule has 5 unspecified atom stereocenters. The van der Waals surface area contributed by atoms with Crippen molar-refractivity contribution in [3.8, 4) is 0 Å². The summed E-state index contributed by atoms with van der Waals surface area (Å²) in [5.41, 5.74) is 0. The molecule has 0 bridgehead atoms. The topological polar surface area (TPSA) is 237 Å². The van der Waals surface area contributed by atoms with Crippen LogP contribution >= 0.6 is 15.6 Å². The van der Waals surface area contributed by atoms with Crippen molar-refractivity contribution in [2.45, 2.75) is 290 Å². The van der Waals surface area contributed by atoms with Gasteiger partial charge in [-0.3, -0.25) is 37.3 Å². The molecule has 5 atom stereocenters. The highest BCUT2D eigenvalue weighted by Crippen LogP contribution is 2.45. The van der Waals surface area contributed by atoms with Crippen LogP contribution in [-0.4, -0.2) is 96.7 Å². The third-order valence-electron chi connectivity index (χ3n) is 15.4. The molecule has 3 N–H and O–H groups in total. The number of allylic oxidation sites excluding steroid dienone is 29. The van der Waals surface area contributed by atoms with Crippen LogP contribution in [0, 0.1) is 0 Å². The summed E-state index contributed by atoms with van der Waals surface area (Å²) in [6, 6.07) is 0. The molecule has 0 aliphatic heterocycles. The molecule has 104 heavy (non-hydrogen) atoms. The van der Waals surface area contributed by atoms with Crippen molar-refractivity contribution in [3.05, 3.63) is 182 Å². The third-order valence-corrected chi connectivity index (χ3v) is 17.3. The molecule has 0 saturated heterocycles. The molecule has 588 valence electrons. The van der Waals surface area contributed by atoms with Crippen molar-refractivity contribution in [1.82, 2.24) is 0 Å². The van der Waals surface area contributed by atoms with Crippen molar-refractivity contribution >= 4 is 39.5 Å². The number of hydrogen-bond donors (Lipinski definition) is 3. The molecule has 0 aliphatic rings. The van der Waals surface area contributed by atoms with Gasteiger partial charge in [-0.05, 0) is 154 Å². The predicted molar refractivity (Wildman–Crippen MR) is 426 cm³/mol. The summed E-state index contributed by atoms with van der Waals surface area (Å²) in [6.45, 7) is 4.26. The van der Waals surface area contributed by atoms with E-state index in [1.54, 1.807) is 6.08 Å². The number of aliphatic hydroxyl groups excluding tert-OH is 1. The number of carbonyl (C=O) groups excluding carboxylic acids is 4. The lowest BCUT2D eigenvalue weighted by Crippen LogP contribution is -2.30. The van der Waals surface area contributed by atoms with Crippen LogP contribution in [0.2, 0.25) is 0 Å². The number of phosphoric ester groups is 2. The molecule has 0 fully saturated rings. The maximum Gasteiger partial charge on any atom is 0.472 e. The van der Waals surface area contributed by atoms with Crippen LogP contribution in [0.5, 0.6) is 0 Å². The first kappa shape index (κ1) is 98.2. The van der Waals surface area contributed by atoms with Gasteiger partial charge in [0.05, 0.1) is 32.8 Å². The van der Waals surface area contributed by atoms with E-state index in [1.807, 2.05) is 18.2 Å². The van der Waals surface area contributed by atoms with E-state index in [4.69, 9.17) is 37.0 Å². The number of unbranched alkanes of at least 4 members (excludes halogenated alkanes) is 16. The Morgan fingerprint density at radius 2 is 0.538 bits per heavy atom. The molecule has 0 amide bonds. The molecule has 0 heterocycles. The van der Waals surface area contributed by atoms with Gasteiger partial charge in [0.15, 0.2) is 12.2 Å². The highest BCUT2D eigenvalue weighted by molar-refractivity contribution is 7.47. The third kappa shape index (κ3) is 74.4. The van der Waals surface area contributed by atoms with Crippen LogP contribution in [0.3, 0.4) is 0 Å². The fourth-order valence-corrected chi connectivity index (χ4v) is 11.1. The molecule has 0 aromatic heterocycles. The Bertz CT molecular complexity index is 2690. The maximum absolute atomic E-state index is 13.1. The van der Waals surface area contributed by atoms with E-state index in [1.165, 1.54) is 0 Å². The molecule has 0 aromatic carbocycles. The number of aliphatic hydroxyl groups is 1. The van der Waals surface area contributed by atoms with Gasteiger partial charge in [0.25, 0.3) is 0 Å². The van der Waals surface area contributed by atoms with E-state index in [0.717, 1.165) is 193 Å². The van der Waals surface area contributed by atoms with Gasteiger partial charge in [0.2, 0.25) is 0 Å². The molecule has 0 aromatic rings. The number of esters is 4. The van der Waals surface area contributed by atoms with Gasteiger partial charge < -0.3 is 33.8 Å². The Hall–Kier alpha value is -5.84. The minimum Gasteiger partial charge on any atom is -0.462 e. The van der Waals surface area contributed by atoms with Crippen molar-refractivity contribution in [2.24, 2.45) is 0 Å². The quantitative estimate of drug-likeness (QED) is 0.0169. The number of rotatable bonds is 71. The van der Waals surface area contributed by atoms with Crippen LogP contribution < -0.4 is 0 Å². The molecule has 17 nitrogen and oxygen atoms in total. The molecule has 0 spiro atoms. The zero-order valence-electron chi connectivity index (χ0n) is 64.1. The fraction of sp³-hybridized carbons (Fsp3) is 0.600. The molecule has 0 saturated carbocycles. The first-order valence-electron chi connectivity index (χ1n) is 39.0. The van der Waals surface area contributed by atoms with Crippen LogP contribution in [-0.2, 0) is 65.4 Å². The van der Waals surface area contributed by atoms with Gasteiger partial charge in [-0.2, -0.15) is 0 Å². The van der Waals surface area contributed by atoms with E-state index >= 15 is 0 Å². The standard InChI is InChI=1S/C85H136O17P2/c1-5-9-13-17-21-25-29-33-36-38-39-41-43-47-50-54-58-62-66-70-83(88)96-76-81(102-85(90)72-68-64-60-56-52-48-44-40-37-34-30-26-22-18-14-10-6-2)78-100-104(93,94)98-74-79(86)73-97-103(91,92)99-77-80(101-84(89)71-67-63-59-55-51-45-32-28-24-20-16-12-8-4)75-95-82(87)69-65-61-57-53-49-46-42-35-31-27-23-19-15-11-7-3/h9-11,13-16,20-23,25-28,32-37,39,41-42,47,49-50,53,61,65,79-81,86H,5-8,12,17-19,24,29-31,38,40,43-46,48,51-52,54-60,62-64,66-78H2,1-4H3,(H,91,92)(H,93,94)/b13-9-,14-10-,15-11-,20-16-,25-21-,26-22-,27-23-,32-28-,36-33-,37-34-,41-39-,42-35-,50-47-,53-49-,65-61-. The summed E-state index contributed by atoms with van der Waals surface area (Å²) in [4.78, 5) is 72.9. The van der Waals surface area contributed by atoms with E-state index in [-0.39, 0.29) is 25.7 Å². The lowest BCUT2D eigenvalue weighted by atomic mass is 10.1.